The van der Waals surface area contributed by atoms with Gasteiger partial charge in [0.25, 0.3) is 0 Å². The number of hydrogen-bond donors (Lipinski definition) is 1. The summed E-state index contributed by atoms with van der Waals surface area (Å²) in [5, 5.41) is 8.75. The minimum Gasteiger partial charge on any atom is -0.477 e. The van der Waals surface area contributed by atoms with Gasteiger partial charge in [-0.05, 0) is 18.6 Å². The molecule has 0 fully saturated rings. The minimum absolute atomic E-state index is 0.107. The lowest BCUT2D eigenvalue weighted by Crippen LogP contribution is -2.32. The van der Waals surface area contributed by atoms with Crippen molar-refractivity contribution in [1.82, 2.24) is 4.31 Å². The first kappa shape index (κ1) is 16.5. The average molecular weight is 307 g/mol. The zero-order valence-corrected chi connectivity index (χ0v) is 11.9. The number of rotatable bonds is 6. The fourth-order valence-corrected chi connectivity index (χ4v) is 3.37. The standard InChI is InChI=1S/C12H15F2NO4S/c1-3-7-15(4-2)20(18,19)9-6-5-8(13)10(11(9)14)12(16)17/h5-6H,3-4,7H2,1-2H3,(H,16,17). The van der Waals surface area contributed by atoms with Crippen molar-refractivity contribution in [2.24, 2.45) is 0 Å². The van der Waals surface area contributed by atoms with E-state index >= 15 is 0 Å². The summed E-state index contributed by atoms with van der Waals surface area (Å²) in [6, 6.07) is 1.38. The number of benzene rings is 1. The van der Waals surface area contributed by atoms with Crippen molar-refractivity contribution in [3.63, 3.8) is 0 Å². The SMILES string of the molecule is CCCN(CC)S(=O)(=O)c1ccc(F)c(C(=O)O)c1F. The highest BCUT2D eigenvalue weighted by atomic mass is 32.2. The Bertz CT molecular complexity index is 616. The quantitative estimate of drug-likeness (QED) is 0.873. The number of aromatic carboxylic acids is 1. The van der Waals surface area contributed by atoms with Crippen LogP contribution in [0.15, 0.2) is 17.0 Å². The van der Waals surface area contributed by atoms with Crippen LogP contribution in [0.1, 0.15) is 30.6 Å². The second-order valence-electron chi connectivity index (χ2n) is 4.04. The van der Waals surface area contributed by atoms with Crippen molar-refractivity contribution in [3.05, 3.63) is 29.3 Å². The first-order valence-corrected chi connectivity index (χ1v) is 7.42. The summed E-state index contributed by atoms with van der Waals surface area (Å²) in [4.78, 5) is 9.97. The summed E-state index contributed by atoms with van der Waals surface area (Å²) in [6.45, 7) is 3.60. The van der Waals surface area contributed by atoms with Crippen LogP contribution < -0.4 is 0 Å². The second-order valence-corrected chi connectivity index (χ2v) is 5.94. The lowest BCUT2D eigenvalue weighted by molar-refractivity contribution is 0.0685. The van der Waals surface area contributed by atoms with Crippen molar-refractivity contribution in [2.75, 3.05) is 13.1 Å². The molecule has 1 aromatic carbocycles. The van der Waals surface area contributed by atoms with Crippen molar-refractivity contribution < 1.29 is 27.1 Å². The maximum Gasteiger partial charge on any atom is 0.341 e. The molecule has 0 radical (unpaired) electrons. The Morgan fingerprint density at radius 1 is 1.30 bits per heavy atom. The Labute approximate surface area is 115 Å². The van der Waals surface area contributed by atoms with Crippen LogP contribution in [-0.4, -0.2) is 36.9 Å². The maximum absolute atomic E-state index is 14.0. The van der Waals surface area contributed by atoms with Crippen LogP contribution >= 0.6 is 0 Å². The Balaban J connectivity index is 3.47. The van der Waals surface area contributed by atoms with E-state index in [1.54, 1.807) is 13.8 Å². The smallest absolute Gasteiger partial charge is 0.341 e. The van der Waals surface area contributed by atoms with Crippen LogP contribution in [0.3, 0.4) is 0 Å². The molecule has 1 aromatic rings. The van der Waals surface area contributed by atoms with Crippen LogP contribution in [-0.2, 0) is 10.0 Å². The average Bonchev–Trinajstić information content (AvgIpc) is 2.34. The Kier molecular flexibility index (Phi) is 5.18. The highest BCUT2D eigenvalue weighted by Crippen LogP contribution is 2.24. The van der Waals surface area contributed by atoms with Crippen LogP contribution in [0.2, 0.25) is 0 Å². The van der Waals surface area contributed by atoms with Gasteiger partial charge in [-0.2, -0.15) is 4.31 Å². The molecule has 0 aliphatic carbocycles. The van der Waals surface area contributed by atoms with E-state index in [4.69, 9.17) is 5.11 Å². The molecule has 0 saturated heterocycles. The topological polar surface area (TPSA) is 74.7 Å². The summed E-state index contributed by atoms with van der Waals surface area (Å²) in [7, 11) is -4.19. The molecule has 5 nitrogen and oxygen atoms in total. The summed E-state index contributed by atoms with van der Waals surface area (Å²) in [5.41, 5.74) is -1.27. The maximum atomic E-state index is 14.0. The zero-order chi connectivity index (χ0) is 15.5. The molecule has 0 saturated carbocycles. The number of hydrogen-bond acceptors (Lipinski definition) is 3. The Morgan fingerprint density at radius 2 is 1.90 bits per heavy atom. The van der Waals surface area contributed by atoms with Crippen molar-refractivity contribution in [3.8, 4) is 0 Å². The van der Waals surface area contributed by atoms with Crippen LogP contribution in [0.4, 0.5) is 8.78 Å². The van der Waals surface area contributed by atoms with Crippen molar-refractivity contribution in [1.29, 1.82) is 0 Å². The lowest BCUT2D eigenvalue weighted by Gasteiger charge is -2.20. The minimum atomic E-state index is -4.19. The number of carboxylic acids is 1. The first-order valence-electron chi connectivity index (χ1n) is 5.98. The highest BCUT2D eigenvalue weighted by molar-refractivity contribution is 7.89. The molecular formula is C12H15F2NO4S. The van der Waals surface area contributed by atoms with Gasteiger partial charge in [-0.15, -0.1) is 0 Å². The van der Waals surface area contributed by atoms with Gasteiger partial charge in [0.05, 0.1) is 0 Å². The molecular weight excluding hydrogens is 292 g/mol. The van der Waals surface area contributed by atoms with E-state index in [9.17, 15) is 22.0 Å². The Hall–Kier alpha value is -1.54. The van der Waals surface area contributed by atoms with Gasteiger partial charge in [0.1, 0.15) is 16.3 Å². The van der Waals surface area contributed by atoms with Gasteiger partial charge in [-0.25, -0.2) is 22.0 Å². The second kappa shape index (κ2) is 6.27. The molecule has 0 bridgehead atoms. The monoisotopic (exact) mass is 307 g/mol. The third-order valence-electron chi connectivity index (χ3n) is 2.71. The Morgan fingerprint density at radius 3 is 2.35 bits per heavy atom. The number of halogens is 2. The van der Waals surface area contributed by atoms with Gasteiger partial charge >= 0.3 is 5.97 Å². The van der Waals surface area contributed by atoms with E-state index in [0.717, 1.165) is 10.4 Å². The normalized spacial score (nSPS) is 11.8. The fourth-order valence-electron chi connectivity index (χ4n) is 1.77. The largest absolute Gasteiger partial charge is 0.477 e. The molecule has 0 aliphatic rings. The predicted molar refractivity (Wildman–Crippen MR) is 68.0 cm³/mol. The van der Waals surface area contributed by atoms with Crippen LogP contribution in [0.5, 0.6) is 0 Å². The van der Waals surface area contributed by atoms with Crippen LogP contribution in [0, 0.1) is 11.6 Å². The van der Waals surface area contributed by atoms with E-state index in [2.05, 4.69) is 0 Å². The first-order chi connectivity index (χ1) is 9.27. The van der Waals surface area contributed by atoms with E-state index in [-0.39, 0.29) is 13.1 Å². The van der Waals surface area contributed by atoms with E-state index in [1.807, 2.05) is 0 Å². The van der Waals surface area contributed by atoms with E-state index in [0.29, 0.717) is 12.5 Å². The zero-order valence-electron chi connectivity index (χ0n) is 11.1. The summed E-state index contributed by atoms with van der Waals surface area (Å²) < 4.78 is 52.7. The van der Waals surface area contributed by atoms with E-state index < -0.39 is 38.1 Å². The van der Waals surface area contributed by atoms with Gasteiger partial charge in [-0.3, -0.25) is 0 Å². The molecule has 0 atom stereocenters. The van der Waals surface area contributed by atoms with Gasteiger partial charge in [-0.1, -0.05) is 13.8 Å². The fraction of sp³-hybridized carbons (Fsp3) is 0.417. The van der Waals surface area contributed by atoms with Gasteiger partial charge in [0, 0.05) is 13.1 Å². The molecule has 1 N–H and O–H groups in total. The molecule has 0 heterocycles. The third-order valence-corrected chi connectivity index (χ3v) is 4.70. The lowest BCUT2D eigenvalue weighted by atomic mass is 10.2. The number of carbonyl (C=O) groups is 1. The summed E-state index contributed by atoms with van der Waals surface area (Å²) >= 11 is 0. The highest BCUT2D eigenvalue weighted by Gasteiger charge is 2.30. The third kappa shape index (κ3) is 2.96. The molecule has 0 spiro atoms. The molecule has 0 amide bonds. The molecule has 8 heteroatoms. The number of carboxylic acid groups (broad SMARTS) is 1. The molecule has 0 aliphatic heterocycles. The molecule has 20 heavy (non-hydrogen) atoms. The van der Waals surface area contributed by atoms with Gasteiger partial charge in [0.15, 0.2) is 5.82 Å². The molecule has 0 aromatic heterocycles. The van der Waals surface area contributed by atoms with Crippen molar-refractivity contribution in [2.45, 2.75) is 25.2 Å². The summed E-state index contributed by atoms with van der Waals surface area (Å²) in [5.74, 6) is -4.74. The summed E-state index contributed by atoms with van der Waals surface area (Å²) in [6.07, 6.45) is 0.516. The molecule has 112 valence electrons. The van der Waals surface area contributed by atoms with Crippen LogP contribution in [0.25, 0.3) is 0 Å². The number of nitrogens with zero attached hydrogens (tertiary/aromatic N) is 1. The predicted octanol–water partition coefficient (Wildman–Crippen LogP) is 2.08. The molecule has 1 rings (SSSR count). The van der Waals surface area contributed by atoms with Gasteiger partial charge < -0.3 is 5.11 Å². The number of sulfonamides is 1. The van der Waals surface area contributed by atoms with E-state index in [1.165, 1.54) is 0 Å². The molecule has 0 unspecified atom stereocenters. The van der Waals surface area contributed by atoms with Gasteiger partial charge in [0.2, 0.25) is 10.0 Å². The van der Waals surface area contributed by atoms with Crippen molar-refractivity contribution >= 4 is 16.0 Å².